The zero-order chi connectivity index (χ0) is 31.0. The van der Waals surface area contributed by atoms with Crippen LogP contribution in [0.3, 0.4) is 0 Å². The summed E-state index contributed by atoms with van der Waals surface area (Å²) in [6.07, 6.45) is 7.08. The van der Waals surface area contributed by atoms with Crippen molar-refractivity contribution in [3.8, 4) is 0 Å². The van der Waals surface area contributed by atoms with Gasteiger partial charge in [0.2, 0.25) is 0 Å². The smallest absolute Gasteiger partial charge is 0.254 e. The van der Waals surface area contributed by atoms with Gasteiger partial charge in [0.05, 0.1) is 13.2 Å². The lowest BCUT2D eigenvalue weighted by Gasteiger charge is -2.33. The molecule has 2 saturated heterocycles. The fourth-order valence-electron chi connectivity index (χ4n) is 7.30. The molecule has 0 aromatic heterocycles. The molecule has 0 bridgehead atoms. The summed E-state index contributed by atoms with van der Waals surface area (Å²) in [7, 11) is 0. The Morgan fingerprint density at radius 3 is 2.13 bits per heavy atom. The molecule has 3 aliphatic rings. The fourth-order valence-corrected chi connectivity index (χ4v) is 7.30. The van der Waals surface area contributed by atoms with E-state index in [9.17, 15) is 9.59 Å². The van der Waals surface area contributed by atoms with E-state index in [0.29, 0.717) is 38.6 Å². The number of carbonyl (C=O) groups excluding carboxylic acids is 2. The summed E-state index contributed by atoms with van der Waals surface area (Å²) in [6.45, 7) is 10.8. The van der Waals surface area contributed by atoms with Gasteiger partial charge in [0.1, 0.15) is 0 Å². The van der Waals surface area contributed by atoms with E-state index in [4.69, 9.17) is 4.74 Å². The highest BCUT2D eigenvalue weighted by molar-refractivity contribution is 5.96. The number of nitrogens with zero attached hydrogens (tertiary/aromatic N) is 3. The molecule has 2 fully saturated rings. The molecule has 0 aliphatic carbocycles. The Hall–Kier alpha value is -2.74. The number of fused-ring (bicyclic) bond motifs is 1. The standard InChI is InChI=1S/C39H49N3O3.2ClH/c1-30-7-2-3-9-35(30)28-41-21-17-32-13-14-34(27-33(32)18-22-41)38(43)12-6-8-31-15-19-40(20-16-31)29-36-10-4-5-11-37(36)39(44)42-23-25-45-26-24-42;;/h2-5,7,9-11,13-14,27,31H,6,8,12,15-26,28-29H2,1H3;2*1H. The molecule has 8 heteroatoms. The van der Waals surface area contributed by atoms with Crippen molar-refractivity contribution in [2.75, 3.05) is 52.5 Å². The van der Waals surface area contributed by atoms with Crippen LogP contribution in [0.2, 0.25) is 0 Å². The predicted molar refractivity (Wildman–Crippen MR) is 194 cm³/mol. The SMILES string of the molecule is Cc1ccccc1CN1CCc2ccc(C(=O)CCCC3CCN(Cc4ccccc4C(=O)N4CCOCC4)CC3)cc2CC1.Cl.Cl. The third-order valence-corrected chi connectivity index (χ3v) is 10.2. The molecule has 47 heavy (non-hydrogen) atoms. The van der Waals surface area contributed by atoms with Crippen LogP contribution in [0.15, 0.2) is 66.7 Å². The normalized spacial score (nSPS) is 17.6. The molecule has 0 unspecified atom stereocenters. The molecule has 3 aromatic rings. The maximum atomic E-state index is 13.2. The van der Waals surface area contributed by atoms with E-state index in [0.717, 1.165) is 94.5 Å². The fraction of sp³-hybridized carbons (Fsp3) is 0.487. The second kappa shape index (κ2) is 18.1. The highest BCUT2D eigenvalue weighted by Crippen LogP contribution is 2.26. The van der Waals surface area contributed by atoms with Crippen molar-refractivity contribution < 1.29 is 14.3 Å². The van der Waals surface area contributed by atoms with Crippen LogP contribution in [0.25, 0.3) is 0 Å². The van der Waals surface area contributed by atoms with Crippen LogP contribution in [0.1, 0.15) is 80.6 Å². The molecular formula is C39H51Cl2N3O3. The first-order valence-corrected chi connectivity index (χ1v) is 17.1. The van der Waals surface area contributed by atoms with Crippen molar-refractivity contribution in [2.45, 2.75) is 65.0 Å². The summed E-state index contributed by atoms with van der Waals surface area (Å²) in [5, 5.41) is 0. The van der Waals surface area contributed by atoms with Crippen molar-refractivity contribution in [3.05, 3.63) is 106 Å². The third kappa shape index (κ3) is 9.90. The quantitative estimate of drug-likeness (QED) is 0.213. The summed E-state index contributed by atoms with van der Waals surface area (Å²) in [5.41, 5.74) is 8.37. The molecule has 0 saturated carbocycles. The van der Waals surface area contributed by atoms with Crippen molar-refractivity contribution in [1.29, 1.82) is 0 Å². The Kier molecular flexibility index (Phi) is 14.3. The van der Waals surface area contributed by atoms with Crippen LogP contribution >= 0.6 is 24.8 Å². The molecular weight excluding hydrogens is 629 g/mol. The second-order valence-electron chi connectivity index (χ2n) is 13.3. The van der Waals surface area contributed by atoms with Gasteiger partial charge >= 0.3 is 0 Å². The Balaban J connectivity index is 0.00000250. The van der Waals surface area contributed by atoms with Crippen LogP contribution in [0, 0.1) is 12.8 Å². The minimum absolute atomic E-state index is 0. The van der Waals surface area contributed by atoms with Gasteiger partial charge in [0.25, 0.3) is 5.91 Å². The van der Waals surface area contributed by atoms with Crippen LogP contribution < -0.4 is 0 Å². The van der Waals surface area contributed by atoms with Crippen LogP contribution in [-0.4, -0.2) is 78.9 Å². The number of halogens is 2. The number of hydrogen-bond acceptors (Lipinski definition) is 5. The van der Waals surface area contributed by atoms with Gasteiger partial charge in [-0.15, -0.1) is 24.8 Å². The van der Waals surface area contributed by atoms with Gasteiger partial charge in [-0.25, -0.2) is 0 Å². The Morgan fingerprint density at radius 2 is 1.38 bits per heavy atom. The number of amides is 1. The summed E-state index contributed by atoms with van der Waals surface area (Å²) < 4.78 is 5.43. The maximum Gasteiger partial charge on any atom is 0.254 e. The van der Waals surface area contributed by atoms with E-state index >= 15 is 0 Å². The van der Waals surface area contributed by atoms with E-state index in [1.807, 2.05) is 23.1 Å². The maximum absolute atomic E-state index is 13.2. The van der Waals surface area contributed by atoms with Gasteiger partial charge in [0, 0.05) is 56.8 Å². The van der Waals surface area contributed by atoms with Crippen molar-refractivity contribution >= 4 is 36.5 Å². The molecule has 254 valence electrons. The van der Waals surface area contributed by atoms with Crippen LogP contribution in [0.4, 0.5) is 0 Å². The number of morpholine rings is 1. The minimum Gasteiger partial charge on any atom is -0.378 e. The molecule has 3 aromatic carbocycles. The van der Waals surface area contributed by atoms with Crippen molar-refractivity contribution in [1.82, 2.24) is 14.7 Å². The van der Waals surface area contributed by atoms with E-state index in [1.54, 1.807) is 0 Å². The molecule has 0 atom stereocenters. The Bertz CT molecular complexity index is 1470. The second-order valence-corrected chi connectivity index (χ2v) is 13.3. The van der Waals surface area contributed by atoms with Crippen LogP contribution in [0.5, 0.6) is 0 Å². The van der Waals surface area contributed by atoms with Gasteiger partial charge in [-0.1, -0.05) is 54.6 Å². The lowest BCUT2D eigenvalue weighted by molar-refractivity contribution is 0.0301. The van der Waals surface area contributed by atoms with Gasteiger partial charge in [0.15, 0.2) is 5.78 Å². The van der Waals surface area contributed by atoms with E-state index in [1.165, 1.54) is 22.3 Å². The lowest BCUT2D eigenvalue weighted by Crippen LogP contribution is -2.41. The number of carbonyl (C=O) groups is 2. The summed E-state index contributed by atoms with van der Waals surface area (Å²) in [5.74, 6) is 1.09. The number of likely N-dealkylation sites (tertiary alicyclic amines) is 1. The topological polar surface area (TPSA) is 53.1 Å². The first-order valence-electron chi connectivity index (χ1n) is 17.1. The van der Waals surface area contributed by atoms with E-state index < -0.39 is 0 Å². The van der Waals surface area contributed by atoms with Crippen LogP contribution in [-0.2, 0) is 30.7 Å². The third-order valence-electron chi connectivity index (χ3n) is 10.2. The summed E-state index contributed by atoms with van der Waals surface area (Å²) in [6, 6.07) is 23.2. The summed E-state index contributed by atoms with van der Waals surface area (Å²) in [4.78, 5) is 33.3. The van der Waals surface area contributed by atoms with Crippen molar-refractivity contribution in [3.63, 3.8) is 0 Å². The van der Waals surface area contributed by atoms with Gasteiger partial charge in [-0.05, 0) is 104 Å². The van der Waals surface area contributed by atoms with E-state index in [2.05, 4.69) is 65.3 Å². The monoisotopic (exact) mass is 679 g/mol. The lowest BCUT2D eigenvalue weighted by atomic mass is 9.90. The molecule has 6 rings (SSSR count). The number of rotatable bonds is 10. The molecule has 0 spiro atoms. The summed E-state index contributed by atoms with van der Waals surface area (Å²) >= 11 is 0. The number of aryl methyl sites for hydroxylation is 1. The molecule has 0 radical (unpaired) electrons. The molecule has 3 heterocycles. The number of ketones is 1. The Morgan fingerprint density at radius 1 is 0.745 bits per heavy atom. The number of ether oxygens (including phenoxy) is 1. The number of hydrogen-bond donors (Lipinski definition) is 0. The minimum atomic E-state index is 0. The number of Topliss-reactive ketones (excluding diaryl/α,β-unsaturated/α-hetero) is 1. The predicted octanol–water partition coefficient (Wildman–Crippen LogP) is 7.18. The highest BCUT2D eigenvalue weighted by atomic mass is 35.5. The first kappa shape index (κ1) is 37.1. The highest BCUT2D eigenvalue weighted by Gasteiger charge is 2.24. The van der Waals surface area contributed by atoms with Gasteiger partial charge < -0.3 is 9.64 Å². The van der Waals surface area contributed by atoms with Gasteiger partial charge in [-0.3, -0.25) is 19.4 Å². The van der Waals surface area contributed by atoms with Crippen molar-refractivity contribution in [2.24, 2.45) is 5.92 Å². The number of piperidine rings is 1. The first-order chi connectivity index (χ1) is 22.0. The Labute approximate surface area is 293 Å². The molecule has 6 nitrogen and oxygen atoms in total. The van der Waals surface area contributed by atoms with E-state index in [-0.39, 0.29) is 36.5 Å². The average molecular weight is 681 g/mol. The molecule has 0 N–H and O–H groups in total. The zero-order valence-corrected chi connectivity index (χ0v) is 29.5. The average Bonchev–Trinajstić information content (AvgIpc) is 3.28. The molecule has 3 aliphatic heterocycles. The largest absolute Gasteiger partial charge is 0.378 e. The van der Waals surface area contributed by atoms with Gasteiger partial charge in [-0.2, -0.15) is 0 Å². The zero-order valence-electron chi connectivity index (χ0n) is 27.8. The molecule has 1 amide bonds. The number of benzene rings is 3.